The van der Waals surface area contributed by atoms with Crippen LogP contribution in [0.2, 0.25) is 0 Å². The number of aromatic amines is 1. The van der Waals surface area contributed by atoms with Crippen LogP contribution in [-0.4, -0.2) is 17.6 Å². The van der Waals surface area contributed by atoms with Gasteiger partial charge >= 0.3 is 0 Å². The van der Waals surface area contributed by atoms with Crippen LogP contribution in [0.5, 0.6) is 0 Å². The maximum atomic E-state index is 12.1. The number of hydrogen-bond acceptors (Lipinski definition) is 3. The number of benzene rings is 2. The predicted molar refractivity (Wildman–Crippen MR) is 111 cm³/mol. The molecule has 25 heavy (non-hydrogen) atoms. The molecule has 1 aromatic heterocycles. The van der Waals surface area contributed by atoms with Crippen molar-refractivity contribution in [1.29, 1.82) is 0 Å². The van der Waals surface area contributed by atoms with Gasteiger partial charge in [0.2, 0.25) is 0 Å². The zero-order valence-electron chi connectivity index (χ0n) is 13.8. The van der Waals surface area contributed by atoms with E-state index in [9.17, 15) is 4.79 Å². The van der Waals surface area contributed by atoms with Crippen molar-refractivity contribution in [2.45, 2.75) is 19.5 Å². The van der Waals surface area contributed by atoms with Crippen molar-refractivity contribution in [1.82, 2.24) is 10.3 Å². The fourth-order valence-corrected chi connectivity index (χ4v) is 4.02. The van der Waals surface area contributed by atoms with Crippen molar-refractivity contribution in [2.24, 2.45) is 0 Å². The molecule has 1 unspecified atom stereocenters. The highest BCUT2D eigenvalue weighted by molar-refractivity contribution is 9.11. The van der Waals surface area contributed by atoms with Crippen LogP contribution in [0.15, 0.2) is 62.3 Å². The van der Waals surface area contributed by atoms with E-state index in [1.165, 1.54) is 5.56 Å². The van der Waals surface area contributed by atoms with E-state index in [0.717, 1.165) is 26.8 Å². The summed E-state index contributed by atoms with van der Waals surface area (Å²) in [7, 11) is 0. The third-order valence-electron chi connectivity index (χ3n) is 3.91. The van der Waals surface area contributed by atoms with Crippen molar-refractivity contribution in [3.63, 3.8) is 0 Å². The number of pyridine rings is 1. The molecule has 0 aliphatic carbocycles. The minimum atomic E-state index is 0.0245. The van der Waals surface area contributed by atoms with Gasteiger partial charge in [-0.1, -0.05) is 44.0 Å². The van der Waals surface area contributed by atoms with Crippen molar-refractivity contribution < 1.29 is 0 Å². The molecule has 1 heterocycles. The molecule has 0 radical (unpaired) electrons. The molecule has 3 N–H and O–H groups in total. The number of rotatable bonds is 6. The Kier molecular flexibility index (Phi) is 5.93. The first-order chi connectivity index (χ1) is 12.0. The van der Waals surface area contributed by atoms with E-state index < -0.39 is 0 Å². The number of hydrogen-bond donors (Lipinski definition) is 3. The molecule has 6 heteroatoms. The molecule has 0 fully saturated rings. The number of fused-ring (bicyclic) bond motifs is 1. The van der Waals surface area contributed by atoms with Gasteiger partial charge in [0.1, 0.15) is 5.82 Å². The summed E-state index contributed by atoms with van der Waals surface area (Å²) in [5.41, 5.74) is 2.07. The summed E-state index contributed by atoms with van der Waals surface area (Å²) in [6, 6.07) is 15.6. The third kappa shape index (κ3) is 4.93. The Bertz CT molecular complexity index is 919. The predicted octanol–water partition coefficient (Wildman–Crippen LogP) is 4.64. The second-order valence-electron chi connectivity index (χ2n) is 6.03. The molecule has 0 spiro atoms. The molecule has 130 valence electrons. The van der Waals surface area contributed by atoms with E-state index in [0.29, 0.717) is 11.9 Å². The van der Waals surface area contributed by atoms with Crippen LogP contribution in [0.25, 0.3) is 10.9 Å². The minimum absolute atomic E-state index is 0.0245. The molecular weight excluding hydrogens is 446 g/mol. The van der Waals surface area contributed by atoms with E-state index in [2.05, 4.69) is 66.5 Å². The van der Waals surface area contributed by atoms with E-state index in [1.807, 2.05) is 30.3 Å². The standard InChI is InChI=1S/C19H19Br2N3O/c1-12(22-11-13-6-14(20)8-15(21)7-13)10-23-19-9-18(25)16-4-2-3-5-17(16)24-19/h2-9,12,22H,10-11H2,1H3,(H2,23,24,25). The molecular formula is C19H19Br2N3O. The maximum absolute atomic E-state index is 12.1. The van der Waals surface area contributed by atoms with Crippen molar-refractivity contribution in [3.8, 4) is 0 Å². The number of nitrogens with one attached hydrogen (secondary N) is 3. The Morgan fingerprint density at radius 2 is 1.80 bits per heavy atom. The van der Waals surface area contributed by atoms with Gasteiger partial charge in [0.25, 0.3) is 0 Å². The maximum Gasteiger partial charge on any atom is 0.191 e. The summed E-state index contributed by atoms with van der Waals surface area (Å²) in [6.45, 7) is 3.60. The molecule has 3 aromatic rings. The van der Waals surface area contributed by atoms with E-state index in [4.69, 9.17) is 0 Å². The number of halogens is 2. The van der Waals surface area contributed by atoms with Gasteiger partial charge in [0.15, 0.2) is 5.43 Å². The summed E-state index contributed by atoms with van der Waals surface area (Å²) < 4.78 is 2.11. The highest BCUT2D eigenvalue weighted by atomic mass is 79.9. The SMILES string of the molecule is CC(CNc1cc(=O)c2ccccc2[nH]1)NCc1cc(Br)cc(Br)c1. The monoisotopic (exact) mass is 463 g/mol. The van der Waals surface area contributed by atoms with Crippen LogP contribution in [0, 0.1) is 0 Å². The lowest BCUT2D eigenvalue weighted by atomic mass is 10.2. The lowest BCUT2D eigenvalue weighted by Gasteiger charge is -2.16. The summed E-state index contributed by atoms with van der Waals surface area (Å²) in [6.07, 6.45) is 0. The Morgan fingerprint density at radius 3 is 2.56 bits per heavy atom. The average Bonchev–Trinajstić information content (AvgIpc) is 2.57. The largest absolute Gasteiger partial charge is 0.370 e. The number of anilines is 1. The first-order valence-corrected chi connectivity index (χ1v) is 9.64. The van der Waals surface area contributed by atoms with Crippen LogP contribution in [0.4, 0.5) is 5.82 Å². The van der Waals surface area contributed by atoms with Crippen LogP contribution in [-0.2, 0) is 6.54 Å². The number of H-pyrrole nitrogens is 1. The molecule has 4 nitrogen and oxygen atoms in total. The molecule has 0 aliphatic rings. The highest BCUT2D eigenvalue weighted by Gasteiger charge is 2.05. The normalized spacial score (nSPS) is 12.3. The Hall–Kier alpha value is -1.63. The van der Waals surface area contributed by atoms with Gasteiger partial charge in [-0.05, 0) is 42.8 Å². The van der Waals surface area contributed by atoms with Crippen LogP contribution >= 0.6 is 31.9 Å². The first kappa shape index (κ1) is 18.2. The van der Waals surface area contributed by atoms with Crippen LogP contribution in [0.3, 0.4) is 0 Å². The van der Waals surface area contributed by atoms with Gasteiger partial charge in [0.05, 0.1) is 5.52 Å². The summed E-state index contributed by atoms with van der Waals surface area (Å²) >= 11 is 7.01. The Balaban J connectivity index is 1.58. The summed E-state index contributed by atoms with van der Waals surface area (Å²) in [5, 5.41) is 7.49. The number of para-hydroxylation sites is 1. The molecule has 0 saturated heterocycles. The lowest BCUT2D eigenvalue weighted by Crippen LogP contribution is -2.32. The molecule has 3 rings (SSSR count). The second-order valence-corrected chi connectivity index (χ2v) is 7.86. The van der Waals surface area contributed by atoms with Gasteiger partial charge in [-0.3, -0.25) is 4.79 Å². The lowest BCUT2D eigenvalue weighted by molar-refractivity contribution is 0.567. The Labute approximate surface area is 163 Å². The number of aromatic nitrogens is 1. The molecule has 0 saturated carbocycles. The molecule has 0 amide bonds. The zero-order chi connectivity index (χ0) is 17.8. The third-order valence-corrected chi connectivity index (χ3v) is 4.83. The summed E-state index contributed by atoms with van der Waals surface area (Å²) in [4.78, 5) is 15.4. The van der Waals surface area contributed by atoms with Gasteiger partial charge in [-0.25, -0.2) is 0 Å². The quantitative estimate of drug-likeness (QED) is 0.497. The fourth-order valence-electron chi connectivity index (χ4n) is 2.63. The van der Waals surface area contributed by atoms with E-state index >= 15 is 0 Å². The second kappa shape index (κ2) is 8.17. The Morgan fingerprint density at radius 1 is 1.08 bits per heavy atom. The molecule has 2 aromatic carbocycles. The minimum Gasteiger partial charge on any atom is -0.370 e. The molecule has 1 atom stereocenters. The molecule has 0 aliphatic heterocycles. The zero-order valence-corrected chi connectivity index (χ0v) is 16.9. The van der Waals surface area contributed by atoms with Crippen LogP contribution in [0.1, 0.15) is 12.5 Å². The van der Waals surface area contributed by atoms with E-state index in [-0.39, 0.29) is 11.5 Å². The summed E-state index contributed by atoms with van der Waals surface area (Å²) in [5.74, 6) is 0.738. The van der Waals surface area contributed by atoms with Gasteiger partial charge in [-0.15, -0.1) is 0 Å². The molecule has 0 bridgehead atoms. The van der Waals surface area contributed by atoms with Crippen molar-refractivity contribution in [2.75, 3.05) is 11.9 Å². The van der Waals surface area contributed by atoms with Crippen LogP contribution < -0.4 is 16.1 Å². The van der Waals surface area contributed by atoms with Gasteiger partial charge in [0, 0.05) is 39.5 Å². The topological polar surface area (TPSA) is 56.9 Å². The van der Waals surface area contributed by atoms with Crippen molar-refractivity contribution >= 4 is 48.6 Å². The van der Waals surface area contributed by atoms with Gasteiger partial charge < -0.3 is 15.6 Å². The smallest absolute Gasteiger partial charge is 0.191 e. The average molecular weight is 465 g/mol. The van der Waals surface area contributed by atoms with Gasteiger partial charge in [-0.2, -0.15) is 0 Å². The first-order valence-electron chi connectivity index (χ1n) is 8.05. The fraction of sp³-hybridized carbons (Fsp3) is 0.211. The van der Waals surface area contributed by atoms with Crippen molar-refractivity contribution in [3.05, 3.63) is 73.3 Å². The van der Waals surface area contributed by atoms with E-state index in [1.54, 1.807) is 6.07 Å². The highest BCUT2D eigenvalue weighted by Crippen LogP contribution is 2.20.